The highest BCUT2D eigenvalue weighted by atomic mass is 16.7. The van der Waals surface area contributed by atoms with Crippen LogP contribution in [-0.2, 0) is 9.47 Å². The van der Waals surface area contributed by atoms with Gasteiger partial charge in [0.05, 0.1) is 13.2 Å². The van der Waals surface area contributed by atoms with Crippen LogP contribution in [0.25, 0.3) is 0 Å². The maximum absolute atomic E-state index is 6.03. The van der Waals surface area contributed by atoms with E-state index in [4.69, 9.17) is 15.2 Å². The lowest BCUT2D eigenvalue weighted by Crippen LogP contribution is -2.53. The van der Waals surface area contributed by atoms with Crippen LogP contribution in [0.5, 0.6) is 0 Å². The van der Waals surface area contributed by atoms with Gasteiger partial charge in [0.1, 0.15) is 0 Å². The SMILES string of the molecule is CCC1CCC(CN)C(N2CCC3(CC2)OCCO3)C1. The summed E-state index contributed by atoms with van der Waals surface area (Å²) in [7, 11) is 0. The Labute approximate surface area is 123 Å². The summed E-state index contributed by atoms with van der Waals surface area (Å²) in [6, 6.07) is 0.692. The van der Waals surface area contributed by atoms with Gasteiger partial charge in [-0.15, -0.1) is 0 Å². The van der Waals surface area contributed by atoms with Gasteiger partial charge in [-0.2, -0.15) is 0 Å². The lowest BCUT2D eigenvalue weighted by Gasteiger charge is -2.46. The Hall–Kier alpha value is -0.160. The molecule has 3 atom stereocenters. The van der Waals surface area contributed by atoms with Crippen LogP contribution in [0.2, 0.25) is 0 Å². The molecule has 1 spiro atoms. The summed E-state index contributed by atoms with van der Waals surface area (Å²) in [6.07, 6.45) is 7.40. The molecule has 4 heteroatoms. The van der Waals surface area contributed by atoms with E-state index in [1.54, 1.807) is 0 Å². The van der Waals surface area contributed by atoms with Crippen molar-refractivity contribution in [1.82, 2.24) is 4.90 Å². The Bertz CT molecular complexity index is 308. The molecular weight excluding hydrogens is 252 g/mol. The predicted molar refractivity (Wildman–Crippen MR) is 79.4 cm³/mol. The molecule has 2 saturated heterocycles. The molecule has 2 aliphatic heterocycles. The van der Waals surface area contributed by atoms with Crippen LogP contribution in [0.15, 0.2) is 0 Å². The predicted octanol–water partition coefficient (Wildman–Crippen LogP) is 1.98. The highest BCUT2D eigenvalue weighted by Gasteiger charge is 2.43. The van der Waals surface area contributed by atoms with Crippen molar-refractivity contribution in [3.8, 4) is 0 Å². The molecule has 2 heterocycles. The summed E-state index contributed by atoms with van der Waals surface area (Å²) in [5.74, 6) is 1.35. The Morgan fingerprint density at radius 1 is 1.15 bits per heavy atom. The van der Waals surface area contributed by atoms with E-state index in [0.717, 1.165) is 51.6 Å². The van der Waals surface area contributed by atoms with Crippen LogP contribution in [0, 0.1) is 11.8 Å². The summed E-state index contributed by atoms with van der Waals surface area (Å²) in [6.45, 7) is 6.93. The monoisotopic (exact) mass is 282 g/mol. The van der Waals surface area contributed by atoms with E-state index in [1.165, 1.54) is 25.7 Å². The van der Waals surface area contributed by atoms with Gasteiger partial charge in [-0.25, -0.2) is 0 Å². The standard InChI is InChI=1S/C16H30N2O2/c1-2-13-3-4-14(12-17)15(11-13)18-7-5-16(6-8-18)19-9-10-20-16/h13-15H,2-12,17H2,1H3. The number of hydrogen-bond donors (Lipinski definition) is 1. The van der Waals surface area contributed by atoms with Crippen molar-refractivity contribution in [1.29, 1.82) is 0 Å². The van der Waals surface area contributed by atoms with Crippen LogP contribution in [-0.4, -0.2) is 49.6 Å². The molecule has 1 saturated carbocycles. The molecule has 3 unspecified atom stereocenters. The first-order valence-electron chi connectivity index (χ1n) is 8.48. The first kappa shape index (κ1) is 14.8. The Morgan fingerprint density at radius 2 is 1.85 bits per heavy atom. The molecule has 0 radical (unpaired) electrons. The number of nitrogens with two attached hydrogens (primary N) is 1. The van der Waals surface area contributed by atoms with E-state index in [9.17, 15) is 0 Å². The zero-order valence-electron chi connectivity index (χ0n) is 12.9. The fourth-order valence-corrected chi connectivity index (χ4v) is 4.37. The third-order valence-electron chi connectivity index (χ3n) is 5.79. The number of ether oxygens (including phenoxy) is 2. The van der Waals surface area contributed by atoms with E-state index in [0.29, 0.717) is 12.0 Å². The normalized spacial score (nSPS) is 38.4. The quantitative estimate of drug-likeness (QED) is 0.860. The minimum atomic E-state index is -0.243. The van der Waals surface area contributed by atoms with E-state index in [2.05, 4.69) is 11.8 Å². The smallest absolute Gasteiger partial charge is 0.170 e. The Morgan fingerprint density at radius 3 is 2.45 bits per heavy atom. The zero-order chi connectivity index (χ0) is 14.0. The lowest BCUT2D eigenvalue weighted by molar-refractivity contribution is -0.190. The van der Waals surface area contributed by atoms with E-state index in [1.807, 2.05) is 0 Å². The van der Waals surface area contributed by atoms with Crippen LogP contribution in [0.4, 0.5) is 0 Å². The van der Waals surface area contributed by atoms with Crippen LogP contribution < -0.4 is 5.73 Å². The summed E-state index contributed by atoms with van der Waals surface area (Å²) < 4.78 is 11.7. The fourth-order valence-electron chi connectivity index (χ4n) is 4.37. The third kappa shape index (κ3) is 2.89. The van der Waals surface area contributed by atoms with Crippen molar-refractivity contribution in [2.45, 2.75) is 57.3 Å². The third-order valence-corrected chi connectivity index (χ3v) is 5.79. The van der Waals surface area contributed by atoms with Gasteiger partial charge < -0.3 is 15.2 Å². The molecule has 2 N–H and O–H groups in total. The van der Waals surface area contributed by atoms with Gasteiger partial charge in [0.15, 0.2) is 5.79 Å². The number of nitrogens with zero attached hydrogens (tertiary/aromatic N) is 1. The fraction of sp³-hybridized carbons (Fsp3) is 1.00. The summed E-state index contributed by atoms with van der Waals surface area (Å²) >= 11 is 0. The van der Waals surface area contributed by atoms with Gasteiger partial charge in [0.25, 0.3) is 0 Å². The van der Waals surface area contributed by atoms with Gasteiger partial charge in [0.2, 0.25) is 0 Å². The number of hydrogen-bond acceptors (Lipinski definition) is 4. The molecule has 0 aromatic rings. The van der Waals surface area contributed by atoms with Crippen LogP contribution in [0.1, 0.15) is 45.4 Å². The van der Waals surface area contributed by atoms with Gasteiger partial charge in [0, 0.05) is 32.0 Å². The molecule has 0 bridgehead atoms. The van der Waals surface area contributed by atoms with Crippen molar-refractivity contribution < 1.29 is 9.47 Å². The summed E-state index contributed by atoms with van der Waals surface area (Å²) in [5.41, 5.74) is 6.03. The Kier molecular flexibility index (Phi) is 4.65. The highest BCUT2D eigenvalue weighted by molar-refractivity contribution is 4.91. The lowest BCUT2D eigenvalue weighted by atomic mass is 9.76. The van der Waals surface area contributed by atoms with Crippen molar-refractivity contribution >= 4 is 0 Å². The van der Waals surface area contributed by atoms with Crippen LogP contribution >= 0.6 is 0 Å². The van der Waals surface area contributed by atoms with Crippen molar-refractivity contribution in [2.24, 2.45) is 17.6 Å². The zero-order valence-corrected chi connectivity index (χ0v) is 12.9. The molecule has 0 amide bonds. The molecule has 116 valence electrons. The average molecular weight is 282 g/mol. The molecule has 4 nitrogen and oxygen atoms in total. The van der Waals surface area contributed by atoms with Gasteiger partial charge in [-0.3, -0.25) is 4.90 Å². The molecule has 20 heavy (non-hydrogen) atoms. The molecule has 1 aliphatic carbocycles. The van der Waals surface area contributed by atoms with E-state index in [-0.39, 0.29) is 5.79 Å². The second-order valence-corrected chi connectivity index (χ2v) is 6.79. The van der Waals surface area contributed by atoms with Gasteiger partial charge in [-0.1, -0.05) is 19.8 Å². The van der Waals surface area contributed by atoms with Gasteiger partial charge >= 0.3 is 0 Å². The average Bonchev–Trinajstić information content (AvgIpc) is 2.95. The first-order valence-corrected chi connectivity index (χ1v) is 8.48. The molecular formula is C16H30N2O2. The molecule has 3 rings (SSSR count). The molecule has 3 aliphatic rings. The van der Waals surface area contributed by atoms with Crippen molar-refractivity contribution in [3.05, 3.63) is 0 Å². The second kappa shape index (κ2) is 6.30. The molecule has 0 aromatic carbocycles. The number of piperidine rings is 1. The number of likely N-dealkylation sites (tertiary alicyclic amines) is 1. The largest absolute Gasteiger partial charge is 0.347 e. The molecule has 3 fully saturated rings. The van der Waals surface area contributed by atoms with Gasteiger partial charge in [-0.05, 0) is 31.2 Å². The highest BCUT2D eigenvalue weighted by Crippen LogP contribution is 2.38. The maximum Gasteiger partial charge on any atom is 0.170 e. The summed E-state index contributed by atoms with van der Waals surface area (Å²) in [4.78, 5) is 2.68. The minimum absolute atomic E-state index is 0.243. The minimum Gasteiger partial charge on any atom is -0.347 e. The van der Waals surface area contributed by atoms with Crippen LogP contribution in [0.3, 0.4) is 0 Å². The molecule has 0 aromatic heterocycles. The Balaban J connectivity index is 1.60. The summed E-state index contributed by atoms with van der Waals surface area (Å²) in [5, 5.41) is 0. The first-order chi connectivity index (χ1) is 9.76. The number of rotatable bonds is 3. The second-order valence-electron chi connectivity index (χ2n) is 6.79. The topological polar surface area (TPSA) is 47.7 Å². The maximum atomic E-state index is 6.03. The van der Waals surface area contributed by atoms with E-state index < -0.39 is 0 Å². The van der Waals surface area contributed by atoms with E-state index >= 15 is 0 Å². The van der Waals surface area contributed by atoms with Crippen molar-refractivity contribution in [3.63, 3.8) is 0 Å². The van der Waals surface area contributed by atoms with Crippen molar-refractivity contribution in [2.75, 3.05) is 32.8 Å².